The summed E-state index contributed by atoms with van der Waals surface area (Å²) in [6, 6.07) is 11.8. The van der Waals surface area contributed by atoms with Gasteiger partial charge < -0.3 is 14.8 Å². The molecule has 0 fully saturated rings. The van der Waals surface area contributed by atoms with Crippen molar-refractivity contribution in [1.82, 2.24) is 0 Å². The second-order valence-corrected chi connectivity index (χ2v) is 5.67. The molecule has 3 rings (SSSR count). The highest BCUT2D eigenvalue weighted by atomic mass is 16.5. The summed E-state index contributed by atoms with van der Waals surface area (Å²) in [6.07, 6.45) is 0.590. The van der Waals surface area contributed by atoms with Gasteiger partial charge in [-0.3, -0.25) is 4.79 Å². The van der Waals surface area contributed by atoms with E-state index in [2.05, 4.69) is 5.32 Å². The Bertz CT molecular complexity index is 739. The number of fused-ring (bicyclic) bond motifs is 1. The normalized spacial score (nSPS) is 16.0. The highest BCUT2D eigenvalue weighted by Gasteiger charge is 2.32. The van der Waals surface area contributed by atoms with Gasteiger partial charge in [0.2, 0.25) is 5.91 Å². The van der Waals surface area contributed by atoms with Crippen molar-refractivity contribution in [3.05, 3.63) is 53.1 Å². The third-order valence-corrected chi connectivity index (χ3v) is 4.23. The van der Waals surface area contributed by atoms with Crippen LogP contribution in [-0.4, -0.2) is 19.6 Å². The van der Waals surface area contributed by atoms with E-state index < -0.39 is 0 Å². The average molecular weight is 311 g/mol. The number of carbonyl (C=O) groups is 1. The molecule has 0 saturated heterocycles. The van der Waals surface area contributed by atoms with Crippen LogP contribution in [0.25, 0.3) is 0 Å². The predicted molar refractivity (Wildman–Crippen MR) is 90.4 cm³/mol. The molecule has 1 amide bonds. The van der Waals surface area contributed by atoms with Crippen LogP contribution < -0.4 is 14.8 Å². The van der Waals surface area contributed by atoms with Crippen LogP contribution >= 0.6 is 0 Å². The molecule has 0 radical (unpaired) electrons. The molecule has 1 aliphatic heterocycles. The van der Waals surface area contributed by atoms with Gasteiger partial charge in [-0.2, -0.15) is 0 Å². The van der Waals surface area contributed by atoms with E-state index in [0.29, 0.717) is 18.8 Å². The number of amides is 1. The molecule has 0 saturated carbocycles. The second kappa shape index (κ2) is 6.32. The topological polar surface area (TPSA) is 47.6 Å². The number of benzene rings is 2. The van der Waals surface area contributed by atoms with E-state index in [1.165, 1.54) is 0 Å². The standard InChI is InChI=1S/C19H21NO3/c1-4-23-16-10-6-8-13(18(16)22-3)11-15-14-9-5-7-12(2)17(14)20-19(15)21/h5-10,15H,4,11H2,1-3H3,(H,20,21)/t15-/m0/s1. The van der Waals surface area contributed by atoms with Crippen molar-refractivity contribution in [3.63, 3.8) is 0 Å². The largest absolute Gasteiger partial charge is 0.493 e. The Labute approximate surface area is 136 Å². The Kier molecular flexibility index (Phi) is 4.24. The zero-order chi connectivity index (χ0) is 16.4. The second-order valence-electron chi connectivity index (χ2n) is 5.67. The number of nitrogens with one attached hydrogen (secondary N) is 1. The van der Waals surface area contributed by atoms with Gasteiger partial charge in [0.25, 0.3) is 0 Å². The summed E-state index contributed by atoms with van der Waals surface area (Å²) in [5, 5.41) is 3.00. The maximum Gasteiger partial charge on any atom is 0.232 e. The van der Waals surface area contributed by atoms with E-state index >= 15 is 0 Å². The van der Waals surface area contributed by atoms with E-state index in [4.69, 9.17) is 9.47 Å². The lowest BCUT2D eigenvalue weighted by Gasteiger charge is -2.16. The van der Waals surface area contributed by atoms with Gasteiger partial charge in [-0.15, -0.1) is 0 Å². The van der Waals surface area contributed by atoms with E-state index in [-0.39, 0.29) is 11.8 Å². The van der Waals surface area contributed by atoms with Gasteiger partial charge in [-0.05, 0) is 43.0 Å². The third-order valence-electron chi connectivity index (χ3n) is 4.23. The van der Waals surface area contributed by atoms with Crippen LogP contribution in [0.3, 0.4) is 0 Å². The average Bonchev–Trinajstić information content (AvgIpc) is 2.86. The maximum absolute atomic E-state index is 12.4. The highest BCUT2D eigenvalue weighted by Crippen LogP contribution is 2.40. The molecule has 4 heteroatoms. The molecule has 0 aliphatic carbocycles. The molecule has 120 valence electrons. The molecule has 0 bridgehead atoms. The summed E-state index contributed by atoms with van der Waals surface area (Å²) in [4.78, 5) is 12.4. The summed E-state index contributed by atoms with van der Waals surface area (Å²) in [5.74, 6) is 1.27. The lowest BCUT2D eigenvalue weighted by atomic mass is 9.92. The number of rotatable bonds is 5. The van der Waals surface area contributed by atoms with Crippen LogP contribution in [0.5, 0.6) is 11.5 Å². The van der Waals surface area contributed by atoms with Gasteiger partial charge in [-0.25, -0.2) is 0 Å². The van der Waals surface area contributed by atoms with Crippen molar-refractivity contribution >= 4 is 11.6 Å². The van der Waals surface area contributed by atoms with Gasteiger partial charge in [-0.1, -0.05) is 30.3 Å². The number of para-hydroxylation sites is 2. The molecule has 1 heterocycles. The van der Waals surface area contributed by atoms with Crippen molar-refractivity contribution in [1.29, 1.82) is 0 Å². The van der Waals surface area contributed by atoms with Gasteiger partial charge in [0, 0.05) is 5.69 Å². The zero-order valence-corrected chi connectivity index (χ0v) is 13.7. The summed E-state index contributed by atoms with van der Waals surface area (Å²) < 4.78 is 11.2. The highest BCUT2D eigenvalue weighted by molar-refractivity contribution is 6.03. The maximum atomic E-state index is 12.4. The molecule has 0 unspecified atom stereocenters. The first kappa shape index (κ1) is 15.4. The molecule has 2 aromatic carbocycles. The van der Waals surface area contributed by atoms with Crippen molar-refractivity contribution in [2.24, 2.45) is 0 Å². The lowest BCUT2D eigenvalue weighted by molar-refractivity contribution is -0.117. The zero-order valence-electron chi connectivity index (χ0n) is 13.7. The predicted octanol–water partition coefficient (Wildman–Crippen LogP) is 3.68. The minimum atomic E-state index is -0.198. The van der Waals surface area contributed by atoms with Crippen molar-refractivity contribution in [2.45, 2.75) is 26.2 Å². The minimum absolute atomic E-state index is 0.0400. The summed E-state index contributed by atoms with van der Waals surface area (Å²) in [7, 11) is 1.63. The fourth-order valence-corrected chi connectivity index (χ4v) is 3.15. The Balaban J connectivity index is 1.96. The van der Waals surface area contributed by atoms with Crippen molar-refractivity contribution in [3.8, 4) is 11.5 Å². The van der Waals surface area contributed by atoms with Gasteiger partial charge >= 0.3 is 0 Å². The Hall–Kier alpha value is -2.49. The van der Waals surface area contributed by atoms with Crippen LogP contribution in [0.2, 0.25) is 0 Å². The monoisotopic (exact) mass is 311 g/mol. The molecular weight excluding hydrogens is 290 g/mol. The van der Waals surface area contributed by atoms with Crippen LogP contribution in [0.1, 0.15) is 29.5 Å². The molecule has 0 aromatic heterocycles. The van der Waals surface area contributed by atoms with Crippen molar-refractivity contribution < 1.29 is 14.3 Å². The number of hydrogen-bond donors (Lipinski definition) is 1. The number of ether oxygens (including phenoxy) is 2. The number of methoxy groups -OCH3 is 1. The van der Waals surface area contributed by atoms with Crippen molar-refractivity contribution in [2.75, 3.05) is 19.0 Å². The summed E-state index contributed by atoms with van der Waals surface area (Å²) >= 11 is 0. The van der Waals surface area contributed by atoms with Crippen LogP contribution in [0, 0.1) is 6.92 Å². The molecule has 4 nitrogen and oxygen atoms in total. The Morgan fingerprint density at radius 2 is 1.96 bits per heavy atom. The number of carbonyl (C=O) groups excluding carboxylic acids is 1. The molecule has 1 aliphatic rings. The Morgan fingerprint density at radius 1 is 1.17 bits per heavy atom. The summed E-state index contributed by atoms with van der Waals surface area (Å²) in [6.45, 7) is 4.53. The number of anilines is 1. The summed E-state index contributed by atoms with van der Waals surface area (Å²) in [5.41, 5.74) is 4.07. The fraction of sp³-hybridized carbons (Fsp3) is 0.316. The smallest absolute Gasteiger partial charge is 0.232 e. The lowest BCUT2D eigenvalue weighted by Crippen LogP contribution is -2.15. The molecule has 1 N–H and O–H groups in total. The van der Waals surface area contributed by atoms with Crippen LogP contribution in [-0.2, 0) is 11.2 Å². The number of aryl methyl sites for hydroxylation is 1. The van der Waals surface area contributed by atoms with Crippen LogP contribution in [0.4, 0.5) is 5.69 Å². The number of hydrogen-bond acceptors (Lipinski definition) is 3. The fourth-order valence-electron chi connectivity index (χ4n) is 3.15. The van der Waals surface area contributed by atoms with Gasteiger partial charge in [0.1, 0.15) is 0 Å². The van der Waals surface area contributed by atoms with E-state index in [9.17, 15) is 4.79 Å². The quantitative estimate of drug-likeness (QED) is 0.916. The van der Waals surface area contributed by atoms with Gasteiger partial charge in [0.15, 0.2) is 11.5 Å². The first-order valence-corrected chi connectivity index (χ1v) is 7.84. The first-order chi connectivity index (χ1) is 11.2. The third kappa shape index (κ3) is 2.77. The van der Waals surface area contributed by atoms with E-state index in [0.717, 1.165) is 28.1 Å². The molecule has 23 heavy (non-hydrogen) atoms. The van der Waals surface area contributed by atoms with E-state index in [1.807, 2.05) is 50.2 Å². The minimum Gasteiger partial charge on any atom is -0.493 e. The van der Waals surface area contributed by atoms with E-state index in [1.54, 1.807) is 7.11 Å². The first-order valence-electron chi connectivity index (χ1n) is 7.84. The molecule has 2 aromatic rings. The molecular formula is C19H21NO3. The molecule has 1 atom stereocenters. The van der Waals surface area contributed by atoms with Crippen LogP contribution in [0.15, 0.2) is 36.4 Å². The molecule has 0 spiro atoms. The Morgan fingerprint density at radius 3 is 2.70 bits per heavy atom. The SMILES string of the molecule is CCOc1cccc(C[C@@H]2C(=O)Nc3c(C)cccc32)c1OC. The van der Waals surface area contributed by atoms with Gasteiger partial charge in [0.05, 0.1) is 19.6 Å².